The molecule has 24 heavy (non-hydrogen) atoms. The van der Waals surface area contributed by atoms with Crippen LogP contribution in [-0.4, -0.2) is 36.3 Å². The summed E-state index contributed by atoms with van der Waals surface area (Å²) in [7, 11) is 0. The summed E-state index contributed by atoms with van der Waals surface area (Å²) in [5, 5.41) is 1.34. The normalized spacial score (nSPS) is 15.0. The minimum Gasteiger partial charge on any atom is -0.378 e. The van der Waals surface area contributed by atoms with Crippen LogP contribution in [-0.2, 0) is 4.74 Å². The van der Waals surface area contributed by atoms with Crippen LogP contribution < -0.4 is 4.90 Å². The van der Waals surface area contributed by atoms with Gasteiger partial charge in [-0.05, 0) is 41.3 Å². The molecule has 0 atom stereocenters. The first-order chi connectivity index (χ1) is 11.7. The van der Waals surface area contributed by atoms with Crippen molar-refractivity contribution in [2.75, 3.05) is 31.2 Å². The van der Waals surface area contributed by atoms with Gasteiger partial charge in [0.05, 0.1) is 24.1 Å². The van der Waals surface area contributed by atoms with Crippen molar-refractivity contribution in [3.05, 3.63) is 53.3 Å². The molecule has 0 saturated carbocycles. The molecule has 0 spiro atoms. The number of benzene rings is 2. The van der Waals surface area contributed by atoms with Gasteiger partial charge in [-0.15, -0.1) is 0 Å². The number of hydrogen-bond donors (Lipinski definition) is 0. The molecule has 1 aromatic heterocycles. The van der Waals surface area contributed by atoms with E-state index in [1.165, 1.54) is 11.1 Å². The first-order valence-corrected chi connectivity index (χ1v) is 8.47. The molecular formula is C19H18ClN3O. The van der Waals surface area contributed by atoms with E-state index in [4.69, 9.17) is 16.3 Å². The number of halogens is 1. The number of rotatable bonds is 2. The summed E-state index contributed by atoms with van der Waals surface area (Å²) in [6.45, 7) is 5.15. The van der Waals surface area contributed by atoms with Crippen LogP contribution in [0.2, 0.25) is 5.28 Å². The molecule has 3 aromatic rings. The lowest BCUT2D eigenvalue weighted by Gasteiger charge is -2.29. The first kappa shape index (κ1) is 15.4. The summed E-state index contributed by atoms with van der Waals surface area (Å²) in [6, 6.07) is 14.5. The minimum atomic E-state index is 0.283. The summed E-state index contributed by atoms with van der Waals surface area (Å²) >= 11 is 6.19. The van der Waals surface area contributed by atoms with Crippen molar-refractivity contribution in [2.45, 2.75) is 6.92 Å². The topological polar surface area (TPSA) is 38.2 Å². The molecule has 4 rings (SSSR count). The third-order valence-corrected chi connectivity index (χ3v) is 4.59. The molecule has 0 bridgehead atoms. The largest absolute Gasteiger partial charge is 0.378 e. The van der Waals surface area contributed by atoms with Crippen LogP contribution in [0.3, 0.4) is 0 Å². The number of aryl methyl sites for hydroxylation is 1. The molecule has 4 nitrogen and oxygen atoms in total. The zero-order chi connectivity index (χ0) is 16.5. The molecule has 0 aliphatic carbocycles. The van der Waals surface area contributed by atoms with E-state index in [0.717, 1.165) is 35.4 Å². The minimum absolute atomic E-state index is 0.283. The maximum Gasteiger partial charge on any atom is 0.224 e. The smallest absolute Gasteiger partial charge is 0.224 e. The van der Waals surface area contributed by atoms with Gasteiger partial charge in [0.25, 0.3) is 0 Å². The van der Waals surface area contributed by atoms with Gasteiger partial charge < -0.3 is 9.64 Å². The fraction of sp³-hybridized carbons (Fsp3) is 0.263. The molecule has 2 aromatic carbocycles. The predicted molar refractivity (Wildman–Crippen MR) is 97.8 cm³/mol. The summed E-state index contributed by atoms with van der Waals surface area (Å²) < 4.78 is 5.48. The SMILES string of the molecule is Cc1ccccc1-c1cccc2nc(Cl)nc(N3CCOCC3)c12. The third kappa shape index (κ3) is 2.72. The Hall–Kier alpha value is -2.17. The van der Waals surface area contributed by atoms with E-state index in [0.29, 0.717) is 13.2 Å². The van der Waals surface area contributed by atoms with Gasteiger partial charge in [0.15, 0.2) is 0 Å². The van der Waals surface area contributed by atoms with Crippen LogP contribution in [0.15, 0.2) is 42.5 Å². The second-order valence-corrected chi connectivity index (χ2v) is 6.27. The monoisotopic (exact) mass is 339 g/mol. The van der Waals surface area contributed by atoms with Gasteiger partial charge in [0.1, 0.15) is 5.82 Å². The molecule has 1 aliphatic rings. The number of ether oxygens (including phenoxy) is 1. The Morgan fingerprint density at radius 2 is 1.71 bits per heavy atom. The van der Waals surface area contributed by atoms with Gasteiger partial charge >= 0.3 is 0 Å². The number of anilines is 1. The Balaban J connectivity index is 1.99. The summed E-state index contributed by atoms with van der Waals surface area (Å²) in [4.78, 5) is 11.2. The van der Waals surface area contributed by atoms with Crippen LogP contribution in [0.1, 0.15) is 5.56 Å². The highest BCUT2D eigenvalue weighted by atomic mass is 35.5. The maximum atomic E-state index is 6.19. The molecule has 1 saturated heterocycles. The lowest BCUT2D eigenvalue weighted by atomic mass is 9.97. The van der Waals surface area contributed by atoms with Gasteiger partial charge in [0.2, 0.25) is 5.28 Å². The second kappa shape index (κ2) is 6.38. The lowest BCUT2D eigenvalue weighted by Crippen LogP contribution is -2.37. The van der Waals surface area contributed by atoms with E-state index in [2.05, 4.69) is 52.1 Å². The van der Waals surface area contributed by atoms with Crippen LogP contribution >= 0.6 is 11.6 Å². The van der Waals surface area contributed by atoms with Crippen molar-refractivity contribution in [1.82, 2.24) is 9.97 Å². The quantitative estimate of drug-likeness (QED) is 0.659. The van der Waals surface area contributed by atoms with E-state index in [1.54, 1.807) is 0 Å². The summed E-state index contributed by atoms with van der Waals surface area (Å²) in [5.74, 6) is 0.896. The highest BCUT2D eigenvalue weighted by molar-refractivity contribution is 6.29. The van der Waals surface area contributed by atoms with Crippen molar-refractivity contribution in [1.29, 1.82) is 0 Å². The second-order valence-electron chi connectivity index (χ2n) is 5.93. The fourth-order valence-corrected chi connectivity index (χ4v) is 3.41. The van der Waals surface area contributed by atoms with Crippen LogP contribution in [0.25, 0.3) is 22.0 Å². The molecule has 1 fully saturated rings. The first-order valence-electron chi connectivity index (χ1n) is 8.09. The van der Waals surface area contributed by atoms with Crippen molar-refractivity contribution < 1.29 is 4.74 Å². The van der Waals surface area contributed by atoms with E-state index in [9.17, 15) is 0 Å². The maximum absolute atomic E-state index is 6.19. The summed E-state index contributed by atoms with van der Waals surface area (Å²) in [6.07, 6.45) is 0. The van der Waals surface area contributed by atoms with Gasteiger partial charge in [-0.2, -0.15) is 4.98 Å². The van der Waals surface area contributed by atoms with Gasteiger partial charge in [-0.3, -0.25) is 0 Å². The van der Waals surface area contributed by atoms with Crippen molar-refractivity contribution in [3.63, 3.8) is 0 Å². The average molecular weight is 340 g/mol. The molecule has 0 N–H and O–H groups in total. The van der Waals surface area contributed by atoms with E-state index in [-0.39, 0.29) is 5.28 Å². The molecular weight excluding hydrogens is 322 g/mol. The van der Waals surface area contributed by atoms with E-state index < -0.39 is 0 Å². The van der Waals surface area contributed by atoms with Crippen molar-refractivity contribution in [3.8, 4) is 11.1 Å². The Bertz CT molecular complexity index is 891. The molecule has 0 radical (unpaired) electrons. The molecule has 1 aliphatic heterocycles. The predicted octanol–water partition coefficient (Wildman–Crippen LogP) is 4.10. The van der Waals surface area contributed by atoms with Gasteiger partial charge in [-0.25, -0.2) is 4.98 Å². The molecule has 0 unspecified atom stereocenters. The van der Waals surface area contributed by atoms with E-state index >= 15 is 0 Å². The third-order valence-electron chi connectivity index (χ3n) is 4.42. The lowest BCUT2D eigenvalue weighted by molar-refractivity contribution is 0.122. The van der Waals surface area contributed by atoms with Crippen molar-refractivity contribution in [2.24, 2.45) is 0 Å². The Kier molecular flexibility index (Phi) is 4.08. The number of nitrogens with zero attached hydrogens (tertiary/aromatic N) is 3. The molecule has 122 valence electrons. The zero-order valence-electron chi connectivity index (χ0n) is 13.5. The number of morpholine rings is 1. The Labute approximate surface area is 146 Å². The van der Waals surface area contributed by atoms with Gasteiger partial charge in [0, 0.05) is 13.1 Å². The van der Waals surface area contributed by atoms with Crippen molar-refractivity contribution >= 4 is 28.3 Å². The standard InChI is InChI=1S/C19H18ClN3O/c1-13-5-2-3-6-14(13)15-7-4-8-16-17(15)18(22-19(20)21-16)23-9-11-24-12-10-23/h2-8H,9-12H2,1H3. The fourth-order valence-electron chi connectivity index (χ4n) is 3.24. The molecule has 5 heteroatoms. The Morgan fingerprint density at radius 1 is 0.958 bits per heavy atom. The van der Waals surface area contributed by atoms with Gasteiger partial charge in [-0.1, -0.05) is 36.4 Å². The highest BCUT2D eigenvalue weighted by Crippen LogP contribution is 2.36. The molecule has 0 amide bonds. The zero-order valence-corrected chi connectivity index (χ0v) is 14.3. The van der Waals surface area contributed by atoms with Crippen LogP contribution in [0.4, 0.5) is 5.82 Å². The molecule has 2 heterocycles. The van der Waals surface area contributed by atoms with Crippen LogP contribution in [0, 0.1) is 6.92 Å². The van der Waals surface area contributed by atoms with E-state index in [1.807, 2.05) is 12.1 Å². The summed E-state index contributed by atoms with van der Waals surface area (Å²) in [5.41, 5.74) is 4.44. The average Bonchev–Trinajstić information content (AvgIpc) is 2.61. The highest BCUT2D eigenvalue weighted by Gasteiger charge is 2.20. The number of fused-ring (bicyclic) bond motifs is 1. The number of aromatic nitrogens is 2. The Morgan fingerprint density at radius 3 is 2.50 bits per heavy atom. The number of hydrogen-bond acceptors (Lipinski definition) is 4. The van der Waals surface area contributed by atoms with Crippen LogP contribution in [0.5, 0.6) is 0 Å².